The molecule has 2 aromatic heterocycles. The molecule has 0 atom stereocenters. The van der Waals surface area contributed by atoms with Gasteiger partial charge in [0.15, 0.2) is 0 Å². The van der Waals surface area contributed by atoms with Gasteiger partial charge in [-0.2, -0.15) is 5.10 Å². The molecule has 2 N–H and O–H groups in total. The van der Waals surface area contributed by atoms with Crippen molar-refractivity contribution in [2.45, 2.75) is 18.9 Å². The molecular formula is C11H13ClN4O. The molecule has 0 spiro atoms. The summed E-state index contributed by atoms with van der Waals surface area (Å²) in [7, 11) is 0. The summed E-state index contributed by atoms with van der Waals surface area (Å²) >= 11 is 6.00. The van der Waals surface area contributed by atoms with Gasteiger partial charge in [0, 0.05) is 19.2 Å². The second kappa shape index (κ2) is 4.16. The number of fused-ring (bicyclic) bond motifs is 1. The number of aromatic amines is 1. The first-order chi connectivity index (χ1) is 8.24. The van der Waals surface area contributed by atoms with E-state index in [2.05, 4.69) is 20.1 Å². The van der Waals surface area contributed by atoms with Crippen molar-refractivity contribution in [1.82, 2.24) is 15.2 Å². The molecule has 1 aliphatic rings. The Balaban J connectivity index is 2.01. The van der Waals surface area contributed by atoms with Crippen LogP contribution in [-0.2, 0) is 0 Å². The topological polar surface area (TPSA) is 65.0 Å². The van der Waals surface area contributed by atoms with E-state index in [4.69, 9.17) is 11.6 Å². The van der Waals surface area contributed by atoms with E-state index >= 15 is 0 Å². The van der Waals surface area contributed by atoms with Gasteiger partial charge < -0.3 is 10.0 Å². The van der Waals surface area contributed by atoms with Crippen LogP contribution in [0.15, 0.2) is 12.3 Å². The molecule has 3 heterocycles. The van der Waals surface area contributed by atoms with E-state index in [1.807, 2.05) is 6.07 Å². The quantitative estimate of drug-likeness (QED) is 0.757. The van der Waals surface area contributed by atoms with Crippen molar-refractivity contribution < 1.29 is 5.11 Å². The van der Waals surface area contributed by atoms with E-state index in [-0.39, 0.29) is 6.10 Å². The third-order valence-corrected chi connectivity index (χ3v) is 3.36. The van der Waals surface area contributed by atoms with Crippen LogP contribution in [-0.4, -0.2) is 39.5 Å². The molecule has 0 bridgehead atoms. The molecule has 0 radical (unpaired) electrons. The minimum Gasteiger partial charge on any atom is -0.393 e. The highest BCUT2D eigenvalue weighted by atomic mass is 35.5. The zero-order valence-electron chi connectivity index (χ0n) is 9.23. The fourth-order valence-corrected chi connectivity index (χ4v) is 2.44. The van der Waals surface area contributed by atoms with Gasteiger partial charge in [-0.05, 0) is 12.8 Å². The van der Waals surface area contributed by atoms with Crippen LogP contribution in [0, 0.1) is 0 Å². The van der Waals surface area contributed by atoms with Gasteiger partial charge in [-0.15, -0.1) is 0 Å². The van der Waals surface area contributed by atoms with Crippen LogP contribution >= 0.6 is 11.6 Å². The molecule has 0 amide bonds. The first-order valence-electron chi connectivity index (χ1n) is 5.66. The summed E-state index contributed by atoms with van der Waals surface area (Å²) in [4.78, 5) is 6.41. The maximum absolute atomic E-state index is 9.52. The molecule has 1 saturated heterocycles. The number of halogens is 1. The number of aliphatic hydroxyl groups excluding tert-OH is 1. The van der Waals surface area contributed by atoms with Crippen molar-refractivity contribution in [2.75, 3.05) is 18.0 Å². The number of rotatable bonds is 1. The molecule has 0 unspecified atom stereocenters. The molecule has 6 heteroatoms. The monoisotopic (exact) mass is 252 g/mol. The lowest BCUT2D eigenvalue weighted by Crippen LogP contribution is -2.35. The Morgan fingerprint density at radius 2 is 2.18 bits per heavy atom. The van der Waals surface area contributed by atoms with Crippen LogP contribution in [0.3, 0.4) is 0 Å². The molecule has 5 nitrogen and oxygen atoms in total. The summed E-state index contributed by atoms with van der Waals surface area (Å²) < 4.78 is 0. The highest BCUT2D eigenvalue weighted by Gasteiger charge is 2.20. The van der Waals surface area contributed by atoms with Gasteiger partial charge in [0.05, 0.1) is 18.0 Å². The Kier molecular flexibility index (Phi) is 2.64. The second-order valence-corrected chi connectivity index (χ2v) is 4.70. The van der Waals surface area contributed by atoms with Crippen LogP contribution in [0.2, 0.25) is 5.15 Å². The van der Waals surface area contributed by atoms with Crippen molar-refractivity contribution in [3.05, 3.63) is 17.4 Å². The Bertz CT molecular complexity index is 533. The molecule has 90 valence electrons. The fraction of sp³-hybridized carbons (Fsp3) is 0.455. The summed E-state index contributed by atoms with van der Waals surface area (Å²) in [5.41, 5.74) is 2.70. The average Bonchev–Trinajstić information content (AvgIpc) is 2.77. The summed E-state index contributed by atoms with van der Waals surface area (Å²) in [5, 5.41) is 16.9. The van der Waals surface area contributed by atoms with Gasteiger partial charge in [-0.3, -0.25) is 5.10 Å². The highest BCUT2D eigenvalue weighted by molar-refractivity contribution is 6.30. The molecular weight excluding hydrogens is 240 g/mol. The number of piperidine rings is 1. The first kappa shape index (κ1) is 10.8. The van der Waals surface area contributed by atoms with E-state index in [1.54, 1.807) is 6.20 Å². The minimum atomic E-state index is -0.180. The Labute approximate surface area is 103 Å². The minimum absolute atomic E-state index is 0.180. The molecule has 17 heavy (non-hydrogen) atoms. The SMILES string of the molecule is OC1CCN(c2cc(Cl)nc3cn[nH]c23)CC1. The zero-order chi connectivity index (χ0) is 11.8. The van der Waals surface area contributed by atoms with E-state index in [9.17, 15) is 5.11 Å². The van der Waals surface area contributed by atoms with Gasteiger partial charge in [-0.25, -0.2) is 4.98 Å². The van der Waals surface area contributed by atoms with Crippen molar-refractivity contribution >= 4 is 28.3 Å². The lowest BCUT2D eigenvalue weighted by molar-refractivity contribution is 0.145. The lowest BCUT2D eigenvalue weighted by atomic mass is 10.1. The smallest absolute Gasteiger partial charge is 0.132 e. The lowest BCUT2D eigenvalue weighted by Gasteiger charge is -2.31. The molecule has 0 aliphatic carbocycles. The Hall–Kier alpha value is -1.33. The number of nitrogens with one attached hydrogen (secondary N) is 1. The molecule has 0 aromatic carbocycles. The summed E-state index contributed by atoms with van der Waals surface area (Å²) in [6.07, 6.45) is 3.06. The highest BCUT2D eigenvalue weighted by Crippen LogP contribution is 2.28. The third-order valence-electron chi connectivity index (χ3n) is 3.16. The molecule has 1 fully saturated rings. The standard InChI is InChI=1S/C11H13ClN4O/c12-10-5-9(11-8(14-10)6-13-15-11)16-3-1-7(17)2-4-16/h5-7,17H,1-4H2,(H,13,15). The first-order valence-corrected chi connectivity index (χ1v) is 6.04. The predicted octanol–water partition coefficient (Wildman–Crippen LogP) is 1.57. The third kappa shape index (κ3) is 1.96. The van der Waals surface area contributed by atoms with Crippen LogP contribution in [0.25, 0.3) is 11.0 Å². The van der Waals surface area contributed by atoms with Gasteiger partial charge in [0.2, 0.25) is 0 Å². The summed E-state index contributed by atoms with van der Waals surface area (Å²) in [5.74, 6) is 0. The van der Waals surface area contributed by atoms with Crippen LogP contribution in [0.1, 0.15) is 12.8 Å². The number of pyridine rings is 1. The number of aliphatic hydroxyl groups is 1. The molecule has 2 aromatic rings. The average molecular weight is 253 g/mol. The van der Waals surface area contributed by atoms with Crippen LogP contribution in [0.5, 0.6) is 0 Å². The maximum Gasteiger partial charge on any atom is 0.132 e. The van der Waals surface area contributed by atoms with E-state index in [0.29, 0.717) is 5.15 Å². The zero-order valence-corrected chi connectivity index (χ0v) is 9.98. The molecule has 0 saturated carbocycles. The Morgan fingerprint density at radius 3 is 2.94 bits per heavy atom. The van der Waals surface area contributed by atoms with Gasteiger partial charge in [0.25, 0.3) is 0 Å². The number of hydrogen-bond donors (Lipinski definition) is 2. The van der Waals surface area contributed by atoms with Crippen LogP contribution < -0.4 is 4.90 Å². The summed E-state index contributed by atoms with van der Waals surface area (Å²) in [6.45, 7) is 1.66. The predicted molar refractivity (Wildman–Crippen MR) is 66.4 cm³/mol. The van der Waals surface area contributed by atoms with Gasteiger partial charge in [-0.1, -0.05) is 11.6 Å². The normalized spacial score (nSPS) is 17.9. The van der Waals surface area contributed by atoms with Crippen molar-refractivity contribution in [3.8, 4) is 0 Å². The maximum atomic E-state index is 9.52. The molecule has 1 aliphatic heterocycles. The van der Waals surface area contributed by atoms with Gasteiger partial charge in [0.1, 0.15) is 16.2 Å². The number of aromatic nitrogens is 3. The fourth-order valence-electron chi connectivity index (χ4n) is 2.24. The summed E-state index contributed by atoms with van der Waals surface area (Å²) in [6, 6.07) is 1.85. The number of H-pyrrole nitrogens is 1. The van der Waals surface area contributed by atoms with Crippen LogP contribution in [0.4, 0.5) is 5.69 Å². The Morgan fingerprint density at radius 1 is 1.41 bits per heavy atom. The van der Waals surface area contributed by atoms with Crippen molar-refractivity contribution in [2.24, 2.45) is 0 Å². The van der Waals surface area contributed by atoms with Crippen molar-refractivity contribution in [1.29, 1.82) is 0 Å². The van der Waals surface area contributed by atoms with E-state index in [0.717, 1.165) is 42.7 Å². The van der Waals surface area contributed by atoms with E-state index < -0.39 is 0 Å². The van der Waals surface area contributed by atoms with Crippen molar-refractivity contribution in [3.63, 3.8) is 0 Å². The van der Waals surface area contributed by atoms with Gasteiger partial charge >= 0.3 is 0 Å². The molecule has 3 rings (SSSR count). The largest absolute Gasteiger partial charge is 0.393 e. The number of nitrogens with zero attached hydrogens (tertiary/aromatic N) is 3. The van der Waals surface area contributed by atoms with E-state index in [1.165, 1.54) is 0 Å². The number of anilines is 1. The number of hydrogen-bond acceptors (Lipinski definition) is 4. The second-order valence-electron chi connectivity index (χ2n) is 4.31.